The maximum absolute atomic E-state index is 12.7. The molecule has 0 unspecified atom stereocenters. The number of methoxy groups -OCH3 is 1. The van der Waals surface area contributed by atoms with Gasteiger partial charge >= 0.3 is 5.97 Å². The highest BCUT2D eigenvalue weighted by Crippen LogP contribution is 2.40. The molecule has 0 atom stereocenters. The van der Waals surface area contributed by atoms with Crippen LogP contribution in [-0.2, 0) is 4.74 Å². The summed E-state index contributed by atoms with van der Waals surface area (Å²) in [4.78, 5) is 26.1. The first-order valence-electron chi connectivity index (χ1n) is 8.17. The van der Waals surface area contributed by atoms with Gasteiger partial charge in [0.05, 0.1) is 7.11 Å². The van der Waals surface area contributed by atoms with Gasteiger partial charge in [-0.15, -0.1) is 11.3 Å². The smallest absolute Gasteiger partial charge is 0.341 e. The van der Waals surface area contributed by atoms with Crippen LogP contribution in [0.2, 0.25) is 0 Å². The van der Waals surface area contributed by atoms with Gasteiger partial charge in [0.15, 0.2) is 0 Å². The van der Waals surface area contributed by atoms with Crippen molar-refractivity contribution in [3.8, 4) is 11.1 Å². The number of hydrogen-bond donors (Lipinski definition) is 1. The van der Waals surface area contributed by atoms with E-state index in [0.29, 0.717) is 16.1 Å². The van der Waals surface area contributed by atoms with E-state index in [1.807, 2.05) is 62.4 Å². The van der Waals surface area contributed by atoms with E-state index in [0.717, 1.165) is 21.6 Å². The van der Waals surface area contributed by atoms with Crippen LogP contribution < -0.4 is 5.32 Å². The Kier molecular flexibility index (Phi) is 5.19. The van der Waals surface area contributed by atoms with Crippen LogP contribution in [0.15, 0.2) is 54.6 Å². The molecule has 0 radical (unpaired) electrons. The van der Waals surface area contributed by atoms with E-state index in [1.54, 1.807) is 6.07 Å². The topological polar surface area (TPSA) is 55.4 Å². The van der Waals surface area contributed by atoms with Gasteiger partial charge in [-0.1, -0.05) is 48.5 Å². The average Bonchev–Trinajstić information content (AvgIpc) is 2.97. The zero-order valence-electron chi connectivity index (χ0n) is 14.8. The molecule has 0 saturated heterocycles. The molecule has 26 heavy (non-hydrogen) atoms. The molecule has 1 N–H and O–H groups in total. The molecule has 4 nitrogen and oxygen atoms in total. The Bertz CT molecular complexity index is 961. The lowest BCUT2D eigenvalue weighted by molar-refractivity contribution is 0.0603. The lowest BCUT2D eigenvalue weighted by Crippen LogP contribution is -2.15. The SMILES string of the molecule is COC(=O)c1c(NC(=O)c2ccccc2C)sc(C)c1-c1ccccc1. The number of thiophene rings is 1. The third-order valence-electron chi connectivity index (χ3n) is 4.15. The van der Waals surface area contributed by atoms with Gasteiger partial charge in [0, 0.05) is 16.0 Å². The van der Waals surface area contributed by atoms with E-state index in [-0.39, 0.29) is 5.91 Å². The van der Waals surface area contributed by atoms with Gasteiger partial charge in [-0.2, -0.15) is 0 Å². The summed E-state index contributed by atoms with van der Waals surface area (Å²) < 4.78 is 4.98. The van der Waals surface area contributed by atoms with Crippen LogP contribution in [0.25, 0.3) is 11.1 Å². The lowest BCUT2D eigenvalue weighted by Gasteiger charge is -2.09. The van der Waals surface area contributed by atoms with Crippen LogP contribution in [0, 0.1) is 13.8 Å². The summed E-state index contributed by atoms with van der Waals surface area (Å²) in [6.45, 7) is 3.81. The highest BCUT2D eigenvalue weighted by atomic mass is 32.1. The second-order valence-electron chi connectivity index (χ2n) is 5.86. The van der Waals surface area contributed by atoms with Crippen LogP contribution in [0.5, 0.6) is 0 Å². The molecular weight excluding hydrogens is 346 g/mol. The van der Waals surface area contributed by atoms with Gasteiger partial charge < -0.3 is 10.1 Å². The number of esters is 1. The summed E-state index contributed by atoms with van der Waals surface area (Å²) in [5.41, 5.74) is 3.56. The molecular formula is C21H19NO3S. The van der Waals surface area contributed by atoms with Gasteiger partial charge in [-0.25, -0.2) is 4.79 Å². The maximum Gasteiger partial charge on any atom is 0.341 e. The van der Waals surface area contributed by atoms with Crippen LogP contribution in [0.4, 0.5) is 5.00 Å². The predicted molar refractivity (Wildman–Crippen MR) is 105 cm³/mol. The maximum atomic E-state index is 12.7. The van der Waals surface area contributed by atoms with E-state index < -0.39 is 5.97 Å². The highest BCUT2D eigenvalue weighted by molar-refractivity contribution is 7.17. The van der Waals surface area contributed by atoms with E-state index >= 15 is 0 Å². The number of carbonyl (C=O) groups is 2. The number of benzene rings is 2. The van der Waals surface area contributed by atoms with Gasteiger partial charge in [-0.3, -0.25) is 4.79 Å². The molecule has 3 rings (SSSR count). The fourth-order valence-corrected chi connectivity index (χ4v) is 3.94. The minimum Gasteiger partial charge on any atom is -0.465 e. The number of ether oxygens (including phenoxy) is 1. The number of anilines is 1. The normalized spacial score (nSPS) is 10.4. The van der Waals surface area contributed by atoms with Crippen molar-refractivity contribution in [2.75, 3.05) is 12.4 Å². The first kappa shape index (κ1) is 17.9. The number of hydrogen-bond acceptors (Lipinski definition) is 4. The fourth-order valence-electron chi connectivity index (χ4n) is 2.88. The molecule has 3 aromatic rings. The fraction of sp³-hybridized carbons (Fsp3) is 0.143. The second kappa shape index (κ2) is 7.54. The molecule has 132 valence electrons. The average molecular weight is 365 g/mol. The molecule has 0 aliphatic heterocycles. The summed E-state index contributed by atoms with van der Waals surface area (Å²) in [6, 6.07) is 17.0. The summed E-state index contributed by atoms with van der Waals surface area (Å²) in [7, 11) is 1.34. The number of nitrogens with one attached hydrogen (secondary N) is 1. The number of rotatable bonds is 4. The van der Waals surface area contributed by atoms with Gasteiger partial charge in [-0.05, 0) is 31.0 Å². The zero-order chi connectivity index (χ0) is 18.7. The standard InChI is InChI=1S/C21H19NO3S/c1-13-9-7-8-12-16(13)19(23)22-20-18(21(24)25-3)17(14(2)26-20)15-10-5-4-6-11-15/h4-12H,1-3H3,(H,22,23). The molecule has 0 bridgehead atoms. The predicted octanol–water partition coefficient (Wildman–Crippen LogP) is 5.07. The largest absolute Gasteiger partial charge is 0.465 e. The molecule has 1 aromatic heterocycles. The second-order valence-corrected chi connectivity index (χ2v) is 7.09. The molecule has 0 saturated carbocycles. The van der Waals surface area contributed by atoms with E-state index in [1.165, 1.54) is 18.4 Å². The molecule has 0 aliphatic rings. The molecule has 5 heteroatoms. The molecule has 2 aromatic carbocycles. The van der Waals surface area contributed by atoms with Crippen LogP contribution in [-0.4, -0.2) is 19.0 Å². The van der Waals surface area contributed by atoms with Crippen molar-refractivity contribution in [3.05, 3.63) is 76.2 Å². The Balaban J connectivity index is 2.07. The van der Waals surface area contributed by atoms with Crippen molar-refractivity contribution < 1.29 is 14.3 Å². The first-order chi connectivity index (χ1) is 12.5. The molecule has 1 amide bonds. The monoisotopic (exact) mass is 365 g/mol. The van der Waals surface area contributed by atoms with Crippen molar-refractivity contribution in [3.63, 3.8) is 0 Å². The minimum atomic E-state index is -0.465. The Morgan fingerprint density at radius 2 is 1.62 bits per heavy atom. The summed E-state index contributed by atoms with van der Waals surface area (Å²) in [6.07, 6.45) is 0. The van der Waals surface area contributed by atoms with E-state index in [9.17, 15) is 9.59 Å². The van der Waals surface area contributed by atoms with Crippen LogP contribution in [0.3, 0.4) is 0 Å². The number of carbonyl (C=O) groups excluding carboxylic acids is 2. The highest BCUT2D eigenvalue weighted by Gasteiger charge is 2.25. The Morgan fingerprint density at radius 3 is 2.27 bits per heavy atom. The third kappa shape index (κ3) is 3.39. The van der Waals surface area contributed by atoms with Crippen LogP contribution >= 0.6 is 11.3 Å². The lowest BCUT2D eigenvalue weighted by atomic mass is 10.0. The summed E-state index contributed by atoms with van der Waals surface area (Å²) in [5, 5.41) is 3.39. The van der Waals surface area contributed by atoms with Gasteiger partial charge in [0.25, 0.3) is 5.91 Å². The van der Waals surface area contributed by atoms with E-state index in [2.05, 4.69) is 5.32 Å². The van der Waals surface area contributed by atoms with Crippen LogP contribution in [0.1, 0.15) is 31.2 Å². The Morgan fingerprint density at radius 1 is 0.962 bits per heavy atom. The van der Waals surface area contributed by atoms with Crippen molar-refractivity contribution >= 4 is 28.2 Å². The summed E-state index contributed by atoms with van der Waals surface area (Å²) in [5.74, 6) is -0.706. The van der Waals surface area contributed by atoms with Crippen molar-refractivity contribution in [1.82, 2.24) is 0 Å². The zero-order valence-corrected chi connectivity index (χ0v) is 15.6. The summed E-state index contributed by atoms with van der Waals surface area (Å²) >= 11 is 1.38. The van der Waals surface area contributed by atoms with Gasteiger partial charge in [0.2, 0.25) is 0 Å². The molecule has 0 aliphatic carbocycles. The number of amides is 1. The third-order valence-corrected chi connectivity index (χ3v) is 5.17. The first-order valence-corrected chi connectivity index (χ1v) is 8.98. The van der Waals surface area contributed by atoms with Gasteiger partial charge in [0.1, 0.15) is 10.6 Å². The Labute approximate surface area is 156 Å². The van der Waals surface area contributed by atoms with Crippen molar-refractivity contribution in [2.24, 2.45) is 0 Å². The molecule has 0 fully saturated rings. The molecule has 1 heterocycles. The van der Waals surface area contributed by atoms with Crippen molar-refractivity contribution in [2.45, 2.75) is 13.8 Å². The number of aryl methyl sites for hydroxylation is 2. The Hall–Kier alpha value is -2.92. The quantitative estimate of drug-likeness (QED) is 0.657. The molecule has 0 spiro atoms. The minimum absolute atomic E-state index is 0.242. The van der Waals surface area contributed by atoms with E-state index in [4.69, 9.17) is 4.74 Å². The van der Waals surface area contributed by atoms with Crippen molar-refractivity contribution in [1.29, 1.82) is 0 Å².